The van der Waals surface area contributed by atoms with Gasteiger partial charge >= 0.3 is 0 Å². The Bertz CT molecular complexity index is 327. The van der Waals surface area contributed by atoms with E-state index in [9.17, 15) is 4.79 Å². The maximum atomic E-state index is 11.5. The van der Waals surface area contributed by atoms with Gasteiger partial charge in [-0.15, -0.1) is 10.2 Å². The van der Waals surface area contributed by atoms with Gasteiger partial charge in [-0.1, -0.05) is 30.0 Å². The quantitative estimate of drug-likeness (QED) is 0.804. The van der Waals surface area contributed by atoms with Crippen molar-refractivity contribution in [1.82, 2.24) is 15.5 Å². The highest BCUT2D eigenvalue weighted by Gasteiger charge is 2.15. The number of hydrogen-bond acceptors (Lipinski definition) is 5. The predicted molar refractivity (Wildman–Crippen MR) is 63.3 cm³/mol. The summed E-state index contributed by atoms with van der Waals surface area (Å²) in [4.78, 5) is 11.5. The van der Waals surface area contributed by atoms with Crippen molar-refractivity contribution in [2.75, 3.05) is 6.54 Å². The van der Waals surface area contributed by atoms with Crippen LogP contribution in [0.5, 0.6) is 0 Å². The molecule has 0 aromatic carbocycles. The number of carbonyl (C=O) groups excluding carboxylic acids is 1. The summed E-state index contributed by atoms with van der Waals surface area (Å²) in [5.41, 5.74) is 0. The van der Waals surface area contributed by atoms with E-state index in [1.807, 2.05) is 20.8 Å². The number of aromatic nitrogens is 2. The fraction of sp³-hybridized carbons (Fsp3) is 0.667. The molecule has 1 aromatic heterocycles. The summed E-state index contributed by atoms with van der Waals surface area (Å²) in [6.45, 7) is 6.56. The molecule has 0 radical (unpaired) electrons. The highest BCUT2D eigenvalue weighted by atomic mass is 32.2. The van der Waals surface area contributed by atoms with Gasteiger partial charge in [0.25, 0.3) is 0 Å². The molecule has 0 bridgehead atoms. The third-order valence-corrected chi connectivity index (χ3v) is 3.73. The van der Waals surface area contributed by atoms with E-state index in [-0.39, 0.29) is 11.2 Å². The first kappa shape index (κ1) is 12.4. The molecule has 1 amide bonds. The Morgan fingerprint density at radius 3 is 2.87 bits per heavy atom. The summed E-state index contributed by atoms with van der Waals surface area (Å²) in [7, 11) is 0. The third-order valence-electron chi connectivity index (χ3n) is 1.70. The fourth-order valence-electron chi connectivity index (χ4n) is 0.923. The first-order valence-corrected chi connectivity index (χ1v) is 6.57. The second-order valence-corrected chi connectivity index (χ2v) is 5.91. The monoisotopic (exact) mass is 245 g/mol. The van der Waals surface area contributed by atoms with Crippen LogP contribution in [0.1, 0.15) is 25.3 Å². The molecule has 4 nitrogen and oxygen atoms in total. The highest BCUT2D eigenvalue weighted by Crippen LogP contribution is 2.25. The van der Waals surface area contributed by atoms with Crippen LogP contribution in [-0.2, 0) is 4.79 Å². The molecule has 0 aliphatic rings. The predicted octanol–water partition coefficient (Wildman–Crippen LogP) is 1.85. The SMILES string of the molecule is CCCNC(=O)[C@H](C)Sc1nnc(C)s1. The molecule has 0 saturated carbocycles. The van der Waals surface area contributed by atoms with Crippen LogP contribution in [-0.4, -0.2) is 27.9 Å². The van der Waals surface area contributed by atoms with Gasteiger partial charge in [0.05, 0.1) is 5.25 Å². The normalized spacial score (nSPS) is 12.5. The van der Waals surface area contributed by atoms with E-state index < -0.39 is 0 Å². The number of nitrogens with zero attached hydrogens (tertiary/aromatic N) is 2. The van der Waals surface area contributed by atoms with Crippen molar-refractivity contribution in [3.05, 3.63) is 5.01 Å². The number of thioether (sulfide) groups is 1. The van der Waals surface area contributed by atoms with E-state index in [4.69, 9.17) is 0 Å². The summed E-state index contributed by atoms with van der Waals surface area (Å²) >= 11 is 2.97. The van der Waals surface area contributed by atoms with Gasteiger partial charge in [0.2, 0.25) is 5.91 Å². The minimum absolute atomic E-state index is 0.0645. The van der Waals surface area contributed by atoms with Gasteiger partial charge in [-0.2, -0.15) is 0 Å². The molecule has 1 aromatic rings. The zero-order valence-electron chi connectivity index (χ0n) is 9.11. The van der Waals surface area contributed by atoms with E-state index in [0.717, 1.165) is 22.3 Å². The van der Waals surface area contributed by atoms with Crippen LogP contribution < -0.4 is 5.32 Å². The van der Waals surface area contributed by atoms with E-state index in [1.54, 1.807) is 0 Å². The fourth-order valence-corrected chi connectivity index (χ4v) is 2.91. The Morgan fingerprint density at radius 2 is 2.33 bits per heavy atom. The molecule has 1 rings (SSSR count). The Labute approximate surface area is 97.9 Å². The van der Waals surface area contributed by atoms with Gasteiger partial charge < -0.3 is 5.32 Å². The number of nitrogens with one attached hydrogen (secondary N) is 1. The second-order valence-electron chi connectivity index (χ2n) is 3.14. The molecule has 84 valence electrons. The smallest absolute Gasteiger partial charge is 0.233 e. The molecule has 1 N–H and O–H groups in total. The van der Waals surface area contributed by atoms with Crippen molar-refractivity contribution in [2.24, 2.45) is 0 Å². The topological polar surface area (TPSA) is 54.9 Å². The van der Waals surface area contributed by atoms with Gasteiger partial charge in [-0.3, -0.25) is 4.79 Å². The molecular formula is C9H15N3OS2. The molecule has 15 heavy (non-hydrogen) atoms. The van der Waals surface area contributed by atoms with E-state index >= 15 is 0 Å². The van der Waals surface area contributed by atoms with Crippen molar-refractivity contribution >= 4 is 29.0 Å². The summed E-state index contributed by atoms with van der Waals surface area (Å²) in [6.07, 6.45) is 0.959. The standard InChI is InChI=1S/C9H15N3OS2/c1-4-5-10-8(13)6(2)14-9-12-11-7(3)15-9/h6H,4-5H2,1-3H3,(H,10,13)/t6-/m0/s1. The molecule has 0 aliphatic heterocycles. The van der Waals surface area contributed by atoms with Crippen molar-refractivity contribution < 1.29 is 4.79 Å². The maximum absolute atomic E-state index is 11.5. The van der Waals surface area contributed by atoms with Crippen molar-refractivity contribution in [3.8, 4) is 0 Å². The Hall–Kier alpha value is -0.620. The van der Waals surface area contributed by atoms with Crippen LogP contribution >= 0.6 is 23.1 Å². The minimum atomic E-state index is -0.108. The molecule has 0 aliphatic carbocycles. The summed E-state index contributed by atoms with van der Waals surface area (Å²) in [5.74, 6) is 0.0645. The average Bonchev–Trinajstić information content (AvgIpc) is 2.60. The molecule has 1 heterocycles. The van der Waals surface area contributed by atoms with Gasteiger partial charge in [0, 0.05) is 6.54 Å². The largest absolute Gasteiger partial charge is 0.355 e. The maximum Gasteiger partial charge on any atom is 0.233 e. The van der Waals surface area contributed by atoms with Gasteiger partial charge in [-0.25, -0.2) is 0 Å². The van der Waals surface area contributed by atoms with Crippen molar-refractivity contribution in [2.45, 2.75) is 36.8 Å². The first-order chi connectivity index (χ1) is 7.13. The summed E-state index contributed by atoms with van der Waals surface area (Å²) in [5, 5.41) is 11.6. The molecule has 0 unspecified atom stereocenters. The van der Waals surface area contributed by atoms with Crippen LogP contribution in [0.3, 0.4) is 0 Å². The lowest BCUT2D eigenvalue weighted by Crippen LogP contribution is -2.31. The number of aryl methyl sites for hydroxylation is 1. The van der Waals surface area contributed by atoms with Crippen LogP contribution in [0.4, 0.5) is 0 Å². The minimum Gasteiger partial charge on any atom is -0.355 e. The lowest BCUT2D eigenvalue weighted by atomic mass is 10.4. The molecule has 1 atom stereocenters. The Morgan fingerprint density at radius 1 is 1.60 bits per heavy atom. The zero-order chi connectivity index (χ0) is 11.3. The van der Waals surface area contributed by atoms with Crippen LogP contribution in [0, 0.1) is 6.92 Å². The van der Waals surface area contributed by atoms with Crippen LogP contribution in [0.15, 0.2) is 4.34 Å². The Kier molecular flexibility index (Phi) is 5.04. The molecule has 6 heteroatoms. The average molecular weight is 245 g/mol. The molecule has 0 fully saturated rings. The van der Waals surface area contributed by atoms with Gasteiger partial charge in [-0.05, 0) is 20.3 Å². The highest BCUT2D eigenvalue weighted by molar-refractivity contribution is 8.02. The Balaban J connectivity index is 2.41. The molecular weight excluding hydrogens is 230 g/mol. The zero-order valence-corrected chi connectivity index (χ0v) is 10.7. The molecule has 0 saturated heterocycles. The molecule has 0 spiro atoms. The lowest BCUT2D eigenvalue weighted by molar-refractivity contribution is -0.120. The lowest BCUT2D eigenvalue weighted by Gasteiger charge is -2.08. The van der Waals surface area contributed by atoms with Crippen LogP contribution in [0.25, 0.3) is 0 Å². The van der Waals surface area contributed by atoms with Gasteiger partial charge in [0.1, 0.15) is 5.01 Å². The number of rotatable bonds is 5. The van der Waals surface area contributed by atoms with Crippen molar-refractivity contribution in [3.63, 3.8) is 0 Å². The third kappa shape index (κ3) is 4.17. The summed E-state index contributed by atoms with van der Waals surface area (Å²) < 4.78 is 0.853. The van der Waals surface area contributed by atoms with E-state index in [2.05, 4.69) is 15.5 Å². The van der Waals surface area contributed by atoms with Crippen LogP contribution in [0.2, 0.25) is 0 Å². The second kappa shape index (κ2) is 6.07. The van der Waals surface area contributed by atoms with E-state index in [1.165, 1.54) is 23.1 Å². The van der Waals surface area contributed by atoms with E-state index in [0.29, 0.717) is 0 Å². The van der Waals surface area contributed by atoms with Gasteiger partial charge in [0.15, 0.2) is 4.34 Å². The summed E-state index contributed by atoms with van der Waals surface area (Å²) in [6, 6.07) is 0. The number of amides is 1. The number of hydrogen-bond donors (Lipinski definition) is 1. The first-order valence-electron chi connectivity index (χ1n) is 4.88. The van der Waals surface area contributed by atoms with Crippen molar-refractivity contribution in [1.29, 1.82) is 0 Å². The number of carbonyl (C=O) groups is 1.